The lowest BCUT2D eigenvalue weighted by atomic mass is 10.0. The number of rotatable bonds is 8. The van der Waals surface area contributed by atoms with E-state index in [0.29, 0.717) is 17.6 Å². The maximum atomic E-state index is 11.6. The van der Waals surface area contributed by atoms with Crippen molar-refractivity contribution in [1.82, 2.24) is 0 Å². The van der Waals surface area contributed by atoms with Gasteiger partial charge in [-0.1, -0.05) is 0 Å². The number of aromatic hydroxyl groups is 1. The van der Waals surface area contributed by atoms with E-state index in [4.69, 9.17) is 4.42 Å². The van der Waals surface area contributed by atoms with Gasteiger partial charge >= 0.3 is 11.6 Å². The molecule has 0 aliphatic rings. The summed E-state index contributed by atoms with van der Waals surface area (Å²) >= 11 is 0. The van der Waals surface area contributed by atoms with Gasteiger partial charge in [-0.05, 0) is 37.5 Å². The maximum absolute atomic E-state index is 11.6. The fourth-order valence-corrected chi connectivity index (χ4v) is 2.77. The van der Waals surface area contributed by atoms with Gasteiger partial charge in [0.15, 0.2) is 11.6 Å². The molecular weight excluding hydrogens is 312 g/mol. The fraction of sp³-hybridized carbons (Fsp3) is 0.412. The highest BCUT2D eigenvalue weighted by Gasteiger charge is 2.22. The molecule has 7 heteroatoms. The maximum Gasteiger partial charge on any atom is 0.362 e. The van der Waals surface area contributed by atoms with Crippen LogP contribution in [0.3, 0.4) is 0 Å². The average molecular weight is 336 g/mol. The number of carbonyl (C=O) groups is 1. The molecule has 1 unspecified atom stereocenters. The van der Waals surface area contributed by atoms with Crippen LogP contribution in [0.5, 0.6) is 5.75 Å². The van der Waals surface area contributed by atoms with E-state index < -0.39 is 17.6 Å². The van der Waals surface area contributed by atoms with Gasteiger partial charge in [0.25, 0.3) is 0 Å². The van der Waals surface area contributed by atoms with Crippen LogP contribution in [0.1, 0.15) is 30.4 Å². The second-order valence-corrected chi connectivity index (χ2v) is 5.92. The molecule has 0 aliphatic heterocycles. The zero-order valence-electron chi connectivity index (χ0n) is 13.7. The van der Waals surface area contributed by atoms with Crippen molar-refractivity contribution in [1.29, 1.82) is 0 Å². The van der Waals surface area contributed by atoms with E-state index in [9.17, 15) is 19.8 Å². The predicted octanol–water partition coefficient (Wildman–Crippen LogP) is -0.264. The molecule has 0 bridgehead atoms. The SMILES string of the molecule is Cc1cc(=O)oc2c(C[NH2+]C(CCCC[NH3+])C(=O)O)c(O)ccc12. The highest BCUT2D eigenvalue weighted by molar-refractivity contribution is 5.84. The van der Waals surface area contributed by atoms with Crippen molar-refractivity contribution >= 4 is 16.9 Å². The zero-order valence-corrected chi connectivity index (χ0v) is 13.7. The van der Waals surface area contributed by atoms with Gasteiger partial charge in [-0.2, -0.15) is 0 Å². The number of phenols is 1. The van der Waals surface area contributed by atoms with Gasteiger partial charge in [-0.25, -0.2) is 9.59 Å². The lowest BCUT2D eigenvalue weighted by molar-refractivity contribution is -0.693. The molecule has 130 valence electrons. The first-order valence-corrected chi connectivity index (χ1v) is 8.04. The van der Waals surface area contributed by atoms with Gasteiger partial charge in [-0.3, -0.25) is 0 Å². The molecule has 1 aromatic carbocycles. The van der Waals surface area contributed by atoms with Crippen molar-refractivity contribution in [3.8, 4) is 5.75 Å². The Bertz CT molecular complexity index is 784. The van der Waals surface area contributed by atoms with Crippen LogP contribution in [0.25, 0.3) is 11.0 Å². The highest BCUT2D eigenvalue weighted by Crippen LogP contribution is 2.27. The summed E-state index contributed by atoms with van der Waals surface area (Å²) in [6, 6.07) is 4.01. The first kappa shape index (κ1) is 18.0. The van der Waals surface area contributed by atoms with Crippen LogP contribution in [0.4, 0.5) is 0 Å². The molecule has 7 N–H and O–H groups in total. The Morgan fingerprint density at radius 1 is 1.38 bits per heavy atom. The average Bonchev–Trinajstić information content (AvgIpc) is 2.51. The predicted molar refractivity (Wildman–Crippen MR) is 87.5 cm³/mol. The molecule has 7 nitrogen and oxygen atoms in total. The molecule has 1 heterocycles. The molecule has 0 spiro atoms. The quantitative estimate of drug-likeness (QED) is 0.389. The molecule has 0 saturated carbocycles. The molecule has 0 fully saturated rings. The number of aliphatic carboxylic acids is 1. The van der Waals surface area contributed by atoms with E-state index >= 15 is 0 Å². The minimum atomic E-state index is -0.892. The third kappa shape index (κ3) is 4.12. The lowest BCUT2D eigenvalue weighted by Gasteiger charge is -2.13. The van der Waals surface area contributed by atoms with Crippen LogP contribution in [-0.2, 0) is 11.3 Å². The van der Waals surface area contributed by atoms with E-state index in [1.54, 1.807) is 18.3 Å². The number of phenolic OH excluding ortho intramolecular Hbond substituents is 1. The van der Waals surface area contributed by atoms with Crippen LogP contribution < -0.4 is 16.7 Å². The summed E-state index contributed by atoms with van der Waals surface area (Å²) in [7, 11) is 0. The van der Waals surface area contributed by atoms with Gasteiger partial charge in [0.2, 0.25) is 0 Å². The Morgan fingerprint density at radius 3 is 2.79 bits per heavy atom. The largest absolute Gasteiger partial charge is 0.507 e. The summed E-state index contributed by atoms with van der Waals surface area (Å²) < 4.78 is 5.25. The van der Waals surface area contributed by atoms with Crippen molar-refractivity contribution in [2.24, 2.45) is 0 Å². The smallest absolute Gasteiger partial charge is 0.362 e. The molecule has 0 radical (unpaired) electrons. The molecule has 0 amide bonds. The van der Waals surface area contributed by atoms with Crippen LogP contribution in [0.2, 0.25) is 0 Å². The number of fused-ring (bicyclic) bond motifs is 1. The lowest BCUT2D eigenvalue weighted by Crippen LogP contribution is -2.90. The molecule has 24 heavy (non-hydrogen) atoms. The Kier molecular flexibility index (Phi) is 5.94. The number of carboxylic acid groups (broad SMARTS) is 1. The van der Waals surface area contributed by atoms with Gasteiger partial charge in [0.05, 0.1) is 12.1 Å². The van der Waals surface area contributed by atoms with E-state index in [0.717, 1.165) is 30.3 Å². The normalized spacial score (nSPS) is 12.4. The summed E-state index contributed by atoms with van der Waals surface area (Å²) in [6.07, 6.45) is 2.19. The van der Waals surface area contributed by atoms with Crippen LogP contribution in [0, 0.1) is 6.92 Å². The van der Waals surface area contributed by atoms with Crippen molar-refractivity contribution in [3.63, 3.8) is 0 Å². The third-order valence-electron chi connectivity index (χ3n) is 4.14. The molecule has 1 aromatic heterocycles. The number of aryl methyl sites for hydroxylation is 1. The van der Waals surface area contributed by atoms with Crippen LogP contribution >= 0.6 is 0 Å². The van der Waals surface area contributed by atoms with Crippen molar-refractivity contribution < 1.29 is 30.5 Å². The number of nitrogens with two attached hydrogens (primary N) is 1. The highest BCUT2D eigenvalue weighted by atomic mass is 16.4. The number of benzene rings is 1. The van der Waals surface area contributed by atoms with Crippen molar-refractivity contribution in [2.45, 2.75) is 38.8 Å². The number of carboxylic acids is 1. The Morgan fingerprint density at radius 2 is 2.12 bits per heavy atom. The summed E-state index contributed by atoms with van der Waals surface area (Å²) in [5, 5.41) is 21.8. The van der Waals surface area contributed by atoms with Crippen molar-refractivity contribution in [2.75, 3.05) is 6.54 Å². The third-order valence-corrected chi connectivity index (χ3v) is 4.14. The summed E-state index contributed by atoms with van der Waals surface area (Å²) in [6.45, 7) is 2.79. The first-order chi connectivity index (χ1) is 11.4. The molecule has 2 aromatic rings. The number of hydrogen-bond donors (Lipinski definition) is 4. The summed E-state index contributed by atoms with van der Waals surface area (Å²) in [5.74, 6) is -0.897. The zero-order chi connectivity index (χ0) is 17.7. The summed E-state index contributed by atoms with van der Waals surface area (Å²) in [4.78, 5) is 23.0. The van der Waals surface area contributed by atoms with Gasteiger partial charge in [0.1, 0.15) is 12.3 Å². The van der Waals surface area contributed by atoms with Gasteiger partial charge in [0, 0.05) is 17.9 Å². The monoisotopic (exact) mass is 336 g/mol. The van der Waals surface area contributed by atoms with E-state index in [1.165, 1.54) is 12.1 Å². The van der Waals surface area contributed by atoms with E-state index in [2.05, 4.69) is 5.73 Å². The Labute approximate surface area is 139 Å². The number of unbranched alkanes of at least 4 members (excludes halogenated alkanes) is 1. The first-order valence-electron chi connectivity index (χ1n) is 8.04. The van der Waals surface area contributed by atoms with Gasteiger partial charge < -0.3 is 25.7 Å². The summed E-state index contributed by atoms with van der Waals surface area (Å²) in [5.41, 5.74) is 4.78. The van der Waals surface area contributed by atoms with E-state index in [1.807, 2.05) is 0 Å². The molecule has 1 atom stereocenters. The second-order valence-electron chi connectivity index (χ2n) is 5.92. The van der Waals surface area contributed by atoms with Gasteiger partial charge in [-0.15, -0.1) is 0 Å². The molecule has 0 saturated heterocycles. The van der Waals surface area contributed by atoms with Crippen LogP contribution in [0.15, 0.2) is 27.4 Å². The Balaban J connectivity index is 2.26. The minimum Gasteiger partial charge on any atom is -0.507 e. The standard InChI is InChI=1S/C17H22N2O5/c1-10-8-15(21)24-16-11(10)5-6-14(20)12(16)9-19-13(17(22)23)4-2-3-7-18/h5-6,8,13,19-20H,2-4,7,9,18H2,1H3,(H,22,23)/p+2. The molecule has 2 rings (SSSR count). The minimum absolute atomic E-state index is 0.00519. The Hall–Kier alpha value is -2.38. The number of quaternary nitrogens is 2. The number of hydrogen-bond acceptors (Lipinski definition) is 4. The van der Waals surface area contributed by atoms with Crippen molar-refractivity contribution in [3.05, 3.63) is 39.7 Å². The topological polar surface area (TPSA) is 132 Å². The second kappa shape index (κ2) is 7.94. The molecule has 0 aliphatic carbocycles. The van der Waals surface area contributed by atoms with Crippen LogP contribution in [-0.4, -0.2) is 28.8 Å². The molecular formula is C17H24N2O5+2. The van der Waals surface area contributed by atoms with E-state index in [-0.39, 0.29) is 12.3 Å². The fourth-order valence-electron chi connectivity index (χ4n) is 2.77.